The topological polar surface area (TPSA) is 74.9 Å². The Morgan fingerprint density at radius 2 is 2.00 bits per heavy atom. The summed E-state index contributed by atoms with van der Waals surface area (Å²) in [5.41, 5.74) is 0.508. The Morgan fingerprint density at radius 3 is 2.66 bits per heavy atom. The first-order valence-electron chi connectivity index (χ1n) is 10.3. The zero-order valence-corrected chi connectivity index (χ0v) is 20.2. The summed E-state index contributed by atoms with van der Waals surface area (Å²) in [5.74, 6) is 1.36. The van der Waals surface area contributed by atoms with E-state index in [0.29, 0.717) is 18.1 Å². The van der Waals surface area contributed by atoms with Crippen LogP contribution in [-0.4, -0.2) is 55.3 Å². The minimum absolute atomic E-state index is 0. The summed E-state index contributed by atoms with van der Waals surface area (Å²) in [5, 5.41) is 6.41. The molecule has 3 heterocycles. The molecule has 2 N–H and O–H groups in total. The summed E-state index contributed by atoms with van der Waals surface area (Å²) >= 11 is 0. The molecule has 178 valence electrons. The van der Waals surface area contributed by atoms with Crippen molar-refractivity contribution < 1.29 is 22.3 Å². The van der Waals surface area contributed by atoms with Crippen molar-refractivity contribution in [3.63, 3.8) is 0 Å². The average Bonchev–Trinajstić information content (AvgIpc) is 3.30. The van der Waals surface area contributed by atoms with Crippen molar-refractivity contribution in [3.05, 3.63) is 48.0 Å². The lowest BCUT2D eigenvalue weighted by molar-refractivity contribution is -0.154. The van der Waals surface area contributed by atoms with Crippen LogP contribution in [0.25, 0.3) is 0 Å². The summed E-state index contributed by atoms with van der Waals surface area (Å²) in [6.07, 6.45) is 2.20. The zero-order chi connectivity index (χ0) is 22.1. The van der Waals surface area contributed by atoms with Gasteiger partial charge in [0.1, 0.15) is 5.76 Å². The number of hydrogen-bond acceptors (Lipinski definition) is 5. The summed E-state index contributed by atoms with van der Waals surface area (Å²) < 4.78 is 47.9. The van der Waals surface area contributed by atoms with E-state index in [9.17, 15) is 13.2 Å². The SMILES string of the molecule is CN=C(NCc1cccnc1OCC(F)(F)F)NCC(c1ccco1)N1CCCCC1.I. The number of guanidine groups is 1. The van der Waals surface area contributed by atoms with E-state index in [1.54, 1.807) is 25.4 Å². The molecule has 1 unspecified atom stereocenters. The van der Waals surface area contributed by atoms with Crippen LogP contribution in [0.15, 0.2) is 46.1 Å². The number of aromatic nitrogens is 1. The molecule has 1 fully saturated rings. The number of furan rings is 1. The molecule has 0 aromatic carbocycles. The molecule has 1 saturated heterocycles. The van der Waals surface area contributed by atoms with Crippen molar-refractivity contribution in [2.45, 2.75) is 38.0 Å². The lowest BCUT2D eigenvalue weighted by Gasteiger charge is -2.33. The van der Waals surface area contributed by atoms with E-state index in [0.717, 1.165) is 31.7 Å². The van der Waals surface area contributed by atoms with Gasteiger partial charge in [0.2, 0.25) is 5.88 Å². The van der Waals surface area contributed by atoms with E-state index < -0.39 is 12.8 Å². The molecule has 3 rings (SSSR count). The summed E-state index contributed by atoms with van der Waals surface area (Å²) in [4.78, 5) is 10.5. The van der Waals surface area contributed by atoms with Crippen molar-refractivity contribution in [3.8, 4) is 5.88 Å². The second-order valence-electron chi connectivity index (χ2n) is 7.31. The van der Waals surface area contributed by atoms with Crippen LogP contribution in [0.5, 0.6) is 5.88 Å². The quantitative estimate of drug-likeness (QED) is 0.284. The van der Waals surface area contributed by atoms with Gasteiger partial charge in [0, 0.05) is 31.9 Å². The van der Waals surface area contributed by atoms with E-state index in [1.165, 1.54) is 12.6 Å². The first kappa shape index (κ1) is 26.2. The van der Waals surface area contributed by atoms with Gasteiger partial charge < -0.3 is 19.8 Å². The van der Waals surface area contributed by atoms with E-state index >= 15 is 0 Å². The summed E-state index contributed by atoms with van der Waals surface area (Å²) in [6.45, 7) is 1.43. The van der Waals surface area contributed by atoms with Gasteiger partial charge in [0.25, 0.3) is 0 Å². The molecule has 11 heteroatoms. The highest BCUT2D eigenvalue weighted by Crippen LogP contribution is 2.24. The number of alkyl halides is 3. The first-order chi connectivity index (χ1) is 15.0. The van der Waals surface area contributed by atoms with Crippen LogP contribution in [0, 0.1) is 0 Å². The van der Waals surface area contributed by atoms with Crippen LogP contribution >= 0.6 is 24.0 Å². The van der Waals surface area contributed by atoms with Crippen LogP contribution in [0.3, 0.4) is 0 Å². The predicted molar refractivity (Wildman–Crippen MR) is 126 cm³/mol. The average molecular weight is 567 g/mol. The number of ether oxygens (including phenoxy) is 1. The fraction of sp³-hybridized carbons (Fsp3) is 0.524. The molecular weight excluding hydrogens is 538 g/mol. The van der Waals surface area contributed by atoms with E-state index in [4.69, 9.17) is 9.15 Å². The van der Waals surface area contributed by atoms with Gasteiger partial charge in [-0.25, -0.2) is 4.98 Å². The predicted octanol–water partition coefficient (Wildman–Crippen LogP) is 4.13. The number of pyridine rings is 1. The van der Waals surface area contributed by atoms with Crippen molar-refractivity contribution in [2.24, 2.45) is 4.99 Å². The highest BCUT2D eigenvalue weighted by molar-refractivity contribution is 14.0. The monoisotopic (exact) mass is 567 g/mol. The van der Waals surface area contributed by atoms with E-state index in [-0.39, 0.29) is 42.4 Å². The van der Waals surface area contributed by atoms with Gasteiger partial charge in [-0.1, -0.05) is 12.5 Å². The Balaban J connectivity index is 0.00000363. The highest BCUT2D eigenvalue weighted by atomic mass is 127. The maximum atomic E-state index is 12.5. The van der Waals surface area contributed by atoms with Crippen LogP contribution < -0.4 is 15.4 Å². The lowest BCUT2D eigenvalue weighted by Crippen LogP contribution is -2.44. The molecule has 0 saturated carbocycles. The van der Waals surface area contributed by atoms with Gasteiger partial charge in [0.15, 0.2) is 12.6 Å². The number of piperidine rings is 1. The highest BCUT2D eigenvalue weighted by Gasteiger charge is 2.29. The van der Waals surface area contributed by atoms with Crippen molar-refractivity contribution in [1.82, 2.24) is 20.5 Å². The molecule has 2 aromatic heterocycles. The fourth-order valence-electron chi connectivity index (χ4n) is 3.55. The molecule has 32 heavy (non-hydrogen) atoms. The van der Waals surface area contributed by atoms with Gasteiger partial charge in [-0.2, -0.15) is 13.2 Å². The van der Waals surface area contributed by atoms with Crippen molar-refractivity contribution >= 4 is 29.9 Å². The molecule has 1 aliphatic heterocycles. The number of nitrogens with one attached hydrogen (secondary N) is 2. The first-order valence-corrected chi connectivity index (χ1v) is 10.3. The molecule has 1 aliphatic rings. The number of halogens is 4. The van der Waals surface area contributed by atoms with Crippen molar-refractivity contribution in [2.75, 3.05) is 33.3 Å². The van der Waals surface area contributed by atoms with Gasteiger partial charge in [0.05, 0.1) is 12.3 Å². The van der Waals surface area contributed by atoms with Gasteiger partial charge in [-0.05, 0) is 44.1 Å². The van der Waals surface area contributed by atoms with E-state index in [1.807, 2.05) is 12.1 Å². The Morgan fingerprint density at radius 1 is 1.22 bits per heavy atom. The third kappa shape index (κ3) is 8.15. The second kappa shape index (κ2) is 12.9. The van der Waals surface area contributed by atoms with Gasteiger partial charge in [-0.15, -0.1) is 24.0 Å². The standard InChI is InChI=1S/C21H28F3N5O2.HI/c1-25-20(27-13-16-7-5-9-26-19(16)31-15-21(22,23)24)28-14-17(18-8-6-12-30-18)29-10-3-2-4-11-29;/h5-9,12,17H,2-4,10-11,13-15H2,1H3,(H2,25,27,28);1H. The largest absolute Gasteiger partial charge is 0.468 e. The molecule has 1 atom stereocenters. The van der Waals surface area contributed by atoms with E-state index in [2.05, 4.69) is 25.5 Å². The molecule has 0 spiro atoms. The Labute approximate surface area is 202 Å². The normalized spacial score (nSPS) is 16.2. The van der Waals surface area contributed by atoms with Crippen LogP contribution in [0.1, 0.15) is 36.6 Å². The molecule has 0 radical (unpaired) electrons. The minimum atomic E-state index is -4.42. The number of hydrogen-bond donors (Lipinski definition) is 2. The number of rotatable bonds is 8. The minimum Gasteiger partial charge on any atom is -0.468 e. The number of aliphatic imine (C=N–C) groups is 1. The van der Waals surface area contributed by atoms with Crippen LogP contribution in [0.2, 0.25) is 0 Å². The van der Waals surface area contributed by atoms with Crippen LogP contribution in [-0.2, 0) is 6.54 Å². The lowest BCUT2D eigenvalue weighted by atomic mass is 10.1. The third-order valence-electron chi connectivity index (χ3n) is 5.06. The van der Waals surface area contributed by atoms with Gasteiger partial charge >= 0.3 is 6.18 Å². The second-order valence-corrected chi connectivity index (χ2v) is 7.31. The Hall–Kier alpha value is -2.02. The zero-order valence-electron chi connectivity index (χ0n) is 17.9. The molecule has 0 bridgehead atoms. The Kier molecular flexibility index (Phi) is 10.6. The molecule has 7 nitrogen and oxygen atoms in total. The summed E-state index contributed by atoms with van der Waals surface area (Å²) in [7, 11) is 1.64. The summed E-state index contributed by atoms with van der Waals surface area (Å²) in [6, 6.07) is 7.23. The third-order valence-corrected chi connectivity index (χ3v) is 5.06. The maximum Gasteiger partial charge on any atom is 0.422 e. The molecule has 0 amide bonds. The smallest absolute Gasteiger partial charge is 0.422 e. The Bertz CT molecular complexity index is 827. The number of nitrogens with zero attached hydrogens (tertiary/aromatic N) is 3. The fourth-order valence-corrected chi connectivity index (χ4v) is 3.55. The van der Waals surface area contributed by atoms with Crippen LogP contribution in [0.4, 0.5) is 13.2 Å². The van der Waals surface area contributed by atoms with Gasteiger partial charge in [-0.3, -0.25) is 9.89 Å². The maximum absolute atomic E-state index is 12.5. The molecule has 0 aliphatic carbocycles. The number of likely N-dealkylation sites (tertiary alicyclic amines) is 1. The molecular formula is C21H29F3IN5O2. The van der Waals surface area contributed by atoms with Crippen molar-refractivity contribution in [1.29, 1.82) is 0 Å². The molecule has 2 aromatic rings.